The zero-order chi connectivity index (χ0) is 39.8. The summed E-state index contributed by atoms with van der Waals surface area (Å²) in [7, 11) is 0. The van der Waals surface area contributed by atoms with Crippen molar-refractivity contribution in [3.05, 3.63) is 247 Å². The lowest BCUT2D eigenvalue weighted by Crippen LogP contribution is -2.11. The predicted molar refractivity (Wildman–Crippen MR) is 254 cm³/mol. The Bertz CT molecular complexity index is 3110. The van der Waals surface area contributed by atoms with E-state index in [0.29, 0.717) is 0 Å². The molecule has 0 saturated heterocycles. The smallest absolute Gasteiger partial charge is 0.0537 e. The quantitative estimate of drug-likeness (QED) is 0.150. The van der Waals surface area contributed by atoms with Gasteiger partial charge < -0.3 is 9.47 Å². The summed E-state index contributed by atoms with van der Waals surface area (Å²) in [5.41, 5.74) is 18.1. The molecule has 0 spiro atoms. The number of anilines is 3. The summed E-state index contributed by atoms with van der Waals surface area (Å²) in [5, 5.41) is 3.79. The Hall–Kier alpha value is -7.68. The fourth-order valence-corrected chi connectivity index (χ4v) is 9.28. The highest BCUT2D eigenvalue weighted by Gasteiger charge is 2.25. The summed E-state index contributed by atoms with van der Waals surface area (Å²) in [6, 6.07) is 81.7. The van der Waals surface area contributed by atoms with Crippen molar-refractivity contribution in [3.8, 4) is 39.1 Å². The monoisotopic (exact) mass is 766 g/mol. The number of para-hydroxylation sites is 2. The van der Waals surface area contributed by atoms with Gasteiger partial charge in [-0.2, -0.15) is 0 Å². The molecule has 0 atom stereocenters. The van der Waals surface area contributed by atoms with Crippen molar-refractivity contribution in [2.75, 3.05) is 4.90 Å². The number of nitrogens with zero attached hydrogens (tertiary/aromatic N) is 2. The van der Waals surface area contributed by atoms with Crippen LogP contribution < -0.4 is 4.90 Å². The van der Waals surface area contributed by atoms with E-state index in [-0.39, 0.29) is 0 Å². The third kappa shape index (κ3) is 6.40. The third-order valence-electron chi connectivity index (χ3n) is 12.0. The fourth-order valence-electron chi connectivity index (χ4n) is 9.28. The Labute approximate surface area is 351 Å². The molecule has 1 aliphatic rings. The Morgan fingerprint density at radius 3 is 1.70 bits per heavy atom. The molecule has 0 N–H and O–H groups in total. The number of rotatable bonds is 8. The Morgan fingerprint density at radius 1 is 0.383 bits per heavy atom. The molecule has 284 valence electrons. The molecule has 0 bridgehead atoms. The number of benzene rings is 9. The van der Waals surface area contributed by atoms with Crippen LogP contribution in [0.5, 0.6) is 0 Å². The van der Waals surface area contributed by atoms with E-state index in [1.165, 1.54) is 83.1 Å². The summed E-state index contributed by atoms with van der Waals surface area (Å²) < 4.78 is 2.48. The molecular weight excluding hydrogens is 725 g/mol. The van der Waals surface area contributed by atoms with Crippen molar-refractivity contribution >= 4 is 44.3 Å². The van der Waals surface area contributed by atoms with Crippen LogP contribution in [0, 0.1) is 0 Å². The van der Waals surface area contributed by atoms with Crippen LogP contribution in [0.25, 0.3) is 66.3 Å². The van der Waals surface area contributed by atoms with Crippen LogP contribution >= 0.6 is 0 Å². The van der Waals surface area contributed by atoms with E-state index in [9.17, 15) is 0 Å². The first-order valence-corrected chi connectivity index (χ1v) is 20.9. The van der Waals surface area contributed by atoms with Gasteiger partial charge in [-0.1, -0.05) is 170 Å². The van der Waals surface area contributed by atoms with Gasteiger partial charge in [0, 0.05) is 39.4 Å². The highest BCUT2D eigenvalue weighted by atomic mass is 15.1. The molecule has 9 aromatic carbocycles. The van der Waals surface area contributed by atoms with Crippen LogP contribution in [-0.4, -0.2) is 4.57 Å². The zero-order valence-electron chi connectivity index (χ0n) is 33.2. The average Bonchev–Trinajstić information content (AvgIpc) is 3.67. The van der Waals surface area contributed by atoms with Gasteiger partial charge in [-0.25, -0.2) is 0 Å². The molecule has 1 aromatic heterocycles. The molecule has 0 amide bonds. The molecule has 1 heterocycles. The van der Waals surface area contributed by atoms with E-state index in [2.05, 4.69) is 240 Å². The first-order valence-electron chi connectivity index (χ1n) is 20.9. The lowest BCUT2D eigenvalue weighted by Gasteiger charge is -2.28. The maximum absolute atomic E-state index is 2.48. The van der Waals surface area contributed by atoms with Gasteiger partial charge in [0.15, 0.2) is 0 Å². The minimum Gasteiger partial charge on any atom is -0.313 e. The Kier molecular flexibility index (Phi) is 9.02. The Balaban J connectivity index is 1.09. The molecule has 0 unspecified atom stereocenters. The number of fused-ring (bicyclic) bond motifs is 4. The van der Waals surface area contributed by atoms with Crippen LogP contribution in [0.1, 0.15) is 23.2 Å². The maximum Gasteiger partial charge on any atom is 0.0537 e. The number of aromatic nitrogens is 1. The molecule has 60 heavy (non-hydrogen) atoms. The molecule has 2 heteroatoms. The first kappa shape index (κ1) is 35.5. The molecule has 0 radical (unpaired) electrons. The van der Waals surface area contributed by atoms with E-state index >= 15 is 0 Å². The highest BCUT2D eigenvalue weighted by molar-refractivity contribution is 6.01. The van der Waals surface area contributed by atoms with E-state index in [1.807, 2.05) is 0 Å². The SMILES string of the molecule is C1=C(c2cccc(N(c3ccc(-c4cccc5ccccc45)cc3)c3cc(-c4ccccc4)cc(-c4ccccc4)c3)c2)c2c(n(-c3ccccc3)c3ccccc23)CC1. The molecule has 11 rings (SSSR count). The second kappa shape index (κ2) is 15.2. The number of hydrogen-bond acceptors (Lipinski definition) is 1. The van der Waals surface area contributed by atoms with Gasteiger partial charge in [0.2, 0.25) is 0 Å². The van der Waals surface area contributed by atoms with Gasteiger partial charge in [0.25, 0.3) is 0 Å². The first-order chi connectivity index (χ1) is 29.8. The summed E-state index contributed by atoms with van der Waals surface area (Å²) >= 11 is 0. The number of hydrogen-bond donors (Lipinski definition) is 0. The van der Waals surface area contributed by atoms with Gasteiger partial charge in [0.1, 0.15) is 0 Å². The lowest BCUT2D eigenvalue weighted by atomic mass is 9.89. The van der Waals surface area contributed by atoms with Crippen molar-refractivity contribution in [1.82, 2.24) is 4.57 Å². The summed E-state index contributed by atoms with van der Waals surface area (Å²) in [6.07, 6.45) is 4.43. The molecule has 10 aromatic rings. The van der Waals surface area contributed by atoms with Gasteiger partial charge in [-0.15, -0.1) is 0 Å². The maximum atomic E-state index is 2.48. The van der Waals surface area contributed by atoms with Crippen molar-refractivity contribution in [2.45, 2.75) is 12.8 Å². The normalized spacial score (nSPS) is 12.3. The number of allylic oxidation sites excluding steroid dienone is 1. The minimum atomic E-state index is 0.981. The summed E-state index contributed by atoms with van der Waals surface area (Å²) in [5.74, 6) is 0. The van der Waals surface area contributed by atoms with Crippen LogP contribution in [0.4, 0.5) is 17.1 Å². The van der Waals surface area contributed by atoms with Crippen molar-refractivity contribution in [3.63, 3.8) is 0 Å². The zero-order valence-corrected chi connectivity index (χ0v) is 33.2. The van der Waals surface area contributed by atoms with E-state index in [4.69, 9.17) is 0 Å². The minimum absolute atomic E-state index is 0.981. The highest BCUT2D eigenvalue weighted by Crippen LogP contribution is 2.44. The van der Waals surface area contributed by atoms with E-state index < -0.39 is 0 Å². The molecule has 0 aliphatic heterocycles. The molecule has 0 saturated carbocycles. The fraction of sp³-hybridized carbons (Fsp3) is 0.0345. The van der Waals surface area contributed by atoms with Crippen LogP contribution in [-0.2, 0) is 6.42 Å². The van der Waals surface area contributed by atoms with Crippen molar-refractivity contribution < 1.29 is 0 Å². The third-order valence-corrected chi connectivity index (χ3v) is 12.0. The second-order valence-corrected chi connectivity index (χ2v) is 15.6. The van der Waals surface area contributed by atoms with Gasteiger partial charge in [0.05, 0.1) is 5.52 Å². The van der Waals surface area contributed by atoms with Crippen molar-refractivity contribution in [1.29, 1.82) is 0 Å². The van der Waals surface area contributed by atoms with Gasteiger partial charge >= 0.3 is 0 Å². The molecule has 0 fully saturated rings. The average molecular weight is 767 g/mol. The topological polar surface area (TPSA) is 8.17 Å². The molecule has 1 aliphatic carbocycles. The Morgan fingerprint density at radius 2 is 0.967 bits per heavy atom. The van der Waals surface area contributed by atoms with Crippen LogP contribution in [0.3, 0.4) is 0 Å². The van der Waals surface area contributed by atoms with Crippen LogP contribution in [0.15, 0.2) is 231 Å². The van der Waals surface area contributed by atoms with Gasteiger partial charge in [-0.3, -0.25) is 0 Å². The largest absolute Gasteiger partial charge is 0.313 e. The van der Waals surface area contributed by atoms with Crippen molar-refractivity contribution in [2.24, 2.45) is 0 Å². The second-order valence-electron chi connectivity index (χ2n) is 15.6. The summed E-state index contributed by atoms with van der Waals surface area (Å²) in [6.45, 7) is 0. The predicted octanol–water partition coefficient (Wildman–Crippen LogP) is 15.6. The van der Waals surface area contributed by atoms with E-state index in [1.54, 1.807) is 0 Å². The summed E-state index contributed by atoms with van der Waals surface area (Å²) in [4.78, 5) is 2.44. The standard InChI is InChI=1S/C58H42N2/c1-4-17-41(18-5-1)46-37-47(42-19-6-2-7-20-42)40-51(39-46)59(49-35-33-44(34-36-49)53-29-15-22-43-21-10-11-27-52(43)53)50-26-14-23-45(38-50)54-30-16-32-57-58(54)55-28-12-13-31-56(55)60(57)48-24-8-3-9-25-48/h1-15,17-31,33-40H,16,32H2. The molecular formula is C58H42N2. The molecule has 2 nitrogen and oxygen atoms in total. The van der Waals surface area contributed by atoms with Crippen LogP contribution in [0.2, 0.25) is 0 Å². The lowest BCUT2D eigenvalue weighted by molar-refractivity contribution is 0.884. The van der Waals surface area contributed by atoms with E-state index in [0.717, 1.165) is 29.9 Å². The van der Waals surface area contributed by atoms with Gasteiger partial charge in [-0.05, 0) is 129 Å².